The molecule has 0 amide bonds. The molecule has 1 fully saturated rings. The van der Waals surface area contributed by atoms with Crippen molar-refractivity contribution in [3.05, 3.63) is 23.8 Å². The summed E-state index contributed by atoms with van der Waals surface area (Å²) in [4.78, 5) is 0. The second-order valence-electron chi connectivity index (χ2n) is 4.50. The Hall–Kier alpha value is -1.26. The molecule has 1 aromatic carbocycles. The highest BCUT2D eigenvalue weighted by Crippen LogP contribution is 2.37. The minimum absolute atomic E-state index is 0.0450. The molecule has 1 heterocycles. The highest BCUT2D eigenvalue weighted by atomic mass is 16.5. The van der Waals surface area contributed by atoms with Crippen LogP contribution >= 0.6 is 0 Å². The van der Waals surface area contributed by atoms with Crippen LogP contribution in [0.3, 0.4) is 0 Å². The topological polar surface area (TPSA) is 53.7 Å². The molecule has 0 radical (unpaired) electrons. The van der Waals surface area contributed by atoms with E-state index in [4.69, 9.17) is 19.9 Å². The average molecular weight is 251 g/mol. The molecule has 2 N–H and O–H groups in total. The highest BCUT2D eigenvalue weighted by molar-refractivity contribution is 5.46. The molecule has 100 valence electrons. The maximum atomic E-state index is 5.87. The molecule has 2 rings (SSSR count). The van der Waals surface area contributed by atoms with E-state index in [-0.39, 0.29) is 5.41 Å². The van der Waals surface area contributed by atoms with E-state index in [9.17, 15) is 0 Å². The smallest absolute Gasteiger partial charge is 0.161 e. The van der Waals surface area contributed by atoms with Gasteiger partial charge >= 0.3 is 0 Å². The molecule has 0 aromatic heterocycles. The molecule has 4 nitrogen and oxygen atoms in total. The summed E-state index contributed by atoms with van der Waals surface area (Å²) in [5.41, 5.74) is 6.99. The van der Waals surface area contributed by atoms with Gasteiger partial charge in [0.05, 0.1) is 31.8 Å². The third-order valence-corrected chi connectivity index (χ3v) is 3.30. The van der Waals surface area contributed by atoms with Crippen molar-refractivity contribution in [1.29, 1.82) is 0 Å². The third-order valence-electron chi connectivity index (χ3n) is 3.30. The molecular weight excluding hydrogens is 230 g/mol. The summed E-state index contributed by atoms with van der Waals surface area (Å²) in [6.45, 7) is 7.14. The van der Waals surface area contributed by atoms with Crippen molar-refractivity contribution in [1.82, 2.24) is 0 Å². The Bertz CT molecular complexity index is 397. The number of nitrogens with two attached hydrogens (primary N) is 1. The van der Waals surface area contributed by atoms with Crippen LogP contribution in [0.4, 0.5) is 0 Å². The fraction of sp³-hybridized carbons (Fsp3) is 0.571. The number of rotatable bonds is 6. The van der Waals surface area contributed by atoms with Gasteiger partial charge in [-0.15, -0.1) is 0 Å². The van der Waals surface area contributed by atoms with Gasteiger partial charge in [0, 0.05) is 6.54 Å². The minimum atomic E-state index is -0.0450. The van der Waals surface area contributed by atoms with E-state index in [1.807, 2.05) is 26.0 Å². The van der Waals surface area contributed by atoms with Crippen LogP contribution in [-0.2, 0) is 10.2 Å². The van der Waals surface area contributed by atoms with Gasteiger partial charge in [0.25, 0.3) is 0 Å². The zero-order valence-corrected chi connectivity index (χ0v) is 11.1. The molecule has 0 unspecified atom stereocenters. The van der Waals surface area contributed by atoms with E-state index >= 15 is 0 Å². The number of hydrogen-bond acceptors (Lipinski definition) is 4. The highest BCUT2D eigenvalue weighted by Gasteiger charge is 2.39. The van der Waals surface area contributed by atoms with E-state index < -0.39 is 0 Å². The molecule has 1 aromatic rings. The minimum Gasteiger partial charge on any atom is -0.490 e. The van der Waals surface area contributed by atoms with Crippen LogP contribution in [-0.4, -0.2) is 33.0 Å². The van der Waals surface area contributed by atoms with Crippen LogP contribution in [0.5, 0.6) is 11.5 Å². The van der Waals surface area contributed by atoms with Gasteiger partial charge in [-0.1, -0.05) is 6.07 Å². The first-order chi connectivity index (χ1) is 8.75. The summed E-state index contributed by atoms with van der Waals surface area (Å²) >= 11 is 0. The van der Waals surface area contributed by atoms with Crippen molar-refractivity contribution < 1.29 is 14.2 Å². The van der Waals surface area contributed by atoms with Crippen molar-refractivity contribution in [3.63, 3.8) is 0 Å². The predicted octanol–water partition coefficient (Wildman–Crippen LogP) is 1.71. The molecular formula is C14H21NO3. The largest absolute Gasteiger partial charge is 0.490 e. The van der Waals surface area contributed by atoms with Gasteiger partial charge in [-0.3, -0.25) is 0 Å². The summed E-state index contributed by atoms with van der Waals surface area (Å²) < 4.78 is 16.5. The van der Waals surface area contributed by atoms with Gasteiger partial charge in [0.15, 0.2) is 11.5 Å². The Morgan fingerprint density at radius 3 is 2.33 bits per heavy atom. The Morgan fingerprint density at radius 2 is 1.83 bits per heavy atom. The van der Waals surface area contributed by atoms with Crippen LogP contribution < -0.4 is 15.2 Å². The molecule has 4 heteroatoms. The second-order valence-corrected chi connectivity index (χ2v) is 4.50. The maximum absolute atomic E-state index is 5.87. The van der Waals surface area contributed by atoms with Gasteiger partial charge in [-0.2, -0.15) is 0 Å². The van der Waals surface area contributed by atoms with Gasteiger partial charge in [-0.25, -0.2) is 0 Å². The molecule has 18 heavy (non-hydrogen) atoms. The number of benzene rings is 1. The molecule has 0 saturated carbocycles. The summed E-state index contributed by atoms with van der Waals surface area (Å²) in [6.07, 6.45) is 0. The molecule has 1 aliphatic rings. The SMILES string of the molecule is CCOc1ccc(C2(CN)COC2)cc1OCC. The quantitative estimate of drug-likeness (QED) is 0.836. The summed E-state index contributed by atoms with van der Waals surface area (Å²) in [5, 5.41) is 0. The average Bonchev–Trinajstić information content (AvgIpc) is 2.32. The van der Waals surface area contributed by atoms with Crippen LogP contribution in [0, 0.1) is 0 Å². The van der Waals surface area contributed by atoms with E-state index in [0.29, 0.717) is 33.0 Å². The van der Waals surface area contributed by atoms with Crippen molar-refractivity contribution in [3.8, 4) is 11.5 Å². The predicted molar refractivity (Wildman–Crippen MR) is 70.3 cm³/mol. The van der Waals surface area contributed by atoms with E-state index in [1.54, 1.807) is 0 Å². The Labute approximate surface area is 108 Å². The summed E-state index contributed by atoms with van der Waals surface area (Å²) in [6, 6.07) is 6.05. The molecule has 0 aliphatic carbocycles. The van der Waals surface area contributed by atoms with Crippen molar-refractivity contribution in [2.75, 3.05) is 33.0 Å². The van der Waals surface area contributed by atoms with Gasteiger partial charge < -0.3 is 19.9 Å². The zero-order chi connectivity index (χ0) is 13.0. The van der Waals surface area contributed by atoms with Crippen LogP contribution in [0.2, 0.25) is 0 Å². The lowest BCUT2D eigenvalue weighted by Gasteiger charge is -2.41. The first-order valence-electron chi connectivity index (χ1n) is 6.43. The number of hydrogen-bond donors (Lipinski definition) is 1. The summed E-state index contributed by atoms with van der Waals surface area (Å²) in [7, 11) is 0. The zero-order valence-electron chi connectivity index (χ0n) is 11.1. The number of ether oxygens (including phenoxy) is 3. The Morgan fingerprint density at radius 1 is 1.17 bits per heavy atom. The second kappa shape index (κ2) is 5.59. The standard InChI is InChI=1S/C14H21NO3/c1-3-17-12-6-5-11(7-13(12)18-4-2)14(8-15)9-16-10-14/h5-7H,3-4,8-10,15H2,1-2H3. The van der Waals surface area contributed by atoms with Gasteiger partial charge in [0.1, 0.15) is 0 Å². The molecule has 0 spiro atoms. The van der Waals surface area contributed by atoms with E-state index in [1.165, 1.54) is 5.56 Å². The van der Waals surface area contributed by atoms with Crippen molar-refractivity contribution in [2.24, 2.45) is 5.73 Å². The first-order valence-corrected chi connectivity index (χ1v) is 6.43. The lowest BCUT2D eigenvalue weighted by atomic mass is 9.78. The molecule has 1 saturated heterocycles. The van der Waals surface area contributed by atoms with Crippen LogP contribution in [0.25, 0.3) is 0 Å². The molecule has 0 atom stereocenters. The van der Waals surface area contributed by atoms with E-state index in [0.717, 1.165) is 11.5 Å². The maximum Gasteiger partial charge on any atom is 0.161 e. The van der Waals surface area contributed by atoms with Gasteiger partial charge in [-0.05, 0) is 31.5 Å². The van der Waals surface area contributed by atoms with Gasteiger partial charge in [0.2, 0.25) is 0 Å². The normalized spacial score (nSPS) is 17.1. The van der Waals surface area contributed by atoms with Crippen molar-refractivity contribution >= 4 is 0 Å². The van der Waals surface area contributed by atoms with E-state index in [2.05, 4.69) is 6.07 Å². The first kappa shape index (κ1) is 13.2. The monoisotopic (exact) mass is 251 g/mol. The lowest BCUT2D eigenvalue weighted by molar-refractivity contribution is -0.0551. The lowest BCUT2D eigenvalue weighted by Crippen LogP contribution is -2.52. The van der Waals surface area contributed by atoms with Crippen LogP contribution in [0.1, 0.15) is 19.4 Å². The third kappa shape index (κ3) is 2.31. The Balaban J connectivity index is 2.30. The Kier molecular flexibility index (Phi) is 4.09. The molecule has 0 bridgehead atoms. The fourth-order valence-corrected chi connectivity index (χ4v) is 2.13. The van der Waals surface area contributed by atoms with Crippen LogP contribution in [0.15, 0.2) is 18.2 Å². The fourth-order valence-electron chi connectivity index (χ4n) is 2.13. The summed E-state index contributed by atoms with van der Waals surface area (Å²) in [5.74, 6) is 1.58. The van der Waals surface area contributed by atoms with Crippen molar-refractivity contribution in [2.45, 2.75) is 19.3 Å². The molecule has 1 aliphatic heterocycles.